The lowest BCUT2D eigenvalue weighted by atomic mass is 10.5. The van der Waals surface area contributed by atoms with Crippen molar-refractivity contribution in [3.63, 3.8) is 0 Å². The van der Waals surface area contributed by atoms with Gasteiger partial charge in [0, 0.05) is 26.4 Å². The van der Waals surface area contributed by atoms with Crippen molar-refractivity contribution >= 4 is 17.3 Å². The highest BCUT2D eigenvalue weighted by atomic mass is 16.6. The van der Waals surface area contributed by atoms with Crippen molar-refractivity contribution in [2.75, 3.05) is 5.32 Å². The van der Waals surface area contributed by atoms with E-state index in [1.54, 1.807) is 31.0 Å². The summed E-state index contributed by atoms with van der Waals surface area (Å²) in [5, 5.41) is 21.5. The molecule has 2 rings (SSSR count). The quantitative estimate of drug-likeness (QED) is 0.612. The molecule has 2 aromatic heterocycles. The number of nitro groups is 1. The normalized spacial score (nSPS) is 10.4. The summed E-state index contributed by atoms with van der Waals surface area (Å²) in [6.45, 7) is 0. The monoisotopic (exact) mass is 222 g/mol. The van der Waals surface area contributed by atoms with Crippen LogP contribution in [-0.4, -0.2) is 24.5 Å². The molecule has 2 heterocycles. The van der Waals surface area contributed by atoms with Crippen molar-refractivity contribution in [1.29, 1.82) is 0 Å². The Bertz CT molecular complexity index is 528. The van der Waals surface area contributed by atoms with Crippen molar-refractivity contribution in [2.45, 2.75) is 0 Å². The van der Waals surface area contributed by atoms with Crippen molar-refractivity contribution in [1.82, 2.24) is 19.6 Å². The molecule has 84 valence electrons. The standard InChI is InChI=1S/C8H10N6O2/c1-12-4-3-7(10-12)9-8-6(14(15)16)5-13(2)11-8/h3-5H,1-2H3,(H,9,10,11). The molecule has 0 bridgehead atoms. The molecule has 0 unspecified atom stereocenters. The van der Waals surface area contributed by atoms with E-state index in [2.05, 4.69) is 15.5 Å². The van der Waals surface area contributed by atoms with Crippen molar-refractivity contribution in [3.05, 3.63) is 28.6 Å². The Labute approximate surface area is 90.6 Å². The van der Waals surface area contributed by atoms with Crippen LogP contribution in [0.5, 0.6) is 0 Å². The van der Waals surface area contributed by atoms with Crippen LogP contribution >= 0.6 is 0 Å². The molecular formula is C8H10N6O2. The van der Waals surface area contributed by atoms with Gasteiger partial charge in [0.25, 0.3) is 0 Å². The fourth-order valence-corrected chi connectivity index (χ4v) is 1.30. The van der Waals surface area contributed by atoms with E-state index in [1.165, 1.54) is 10.9 Å². The number of aromatic nitrogens is 4. The van der Waals surface area contributed by atoms with Gasteiger partial charge in [-0.05, 0) is 0 Å². The van der Waals surface area contributed by atoms with Gasteiger partial charge in [0.05, 0.1) is 4.92 Å². The van der Waals surface area contributed by atoms with Crippen LogP contribution in [-0.2, 0) is 14.1 Å². The lowest BCUT2D eigenvalue weighted by Crippen LogP contribution is -1.97. The summed E-state index contributed by atoms with van der Waals surface area (Å²) in [4.78, 5) is 10.2. The molecule has 0 aliphatic rings. The Kier molecular flexibility index (Phi) is 2.31. The van der Waals surface area contributed by atoms with Crippen LogP contribution in [0.25, 0.3) is 0 Å². The molecule has 0 radical (unpaired) electrons. The van der Waals surface area contributed by atoms with Crippen LogP contribution in [0.15, 0.2) is 18.5 Å². The third-order valence-electron chi connectivity index (χ3n) is 1.97. The molecule has 2 aromatic rings. The molecule has 0 aliphatic carbocycles. The third kappa shape index (κ3) is 1.85. The highest BCUT2D eigenvalue weighted by molar-refractivity contribution is 5.62. The van der Waals surface area contributed by atoms with Gasteiger partial charge in [-0.3, -0.25) is 19.5 Å². The fourth-order valence-electron chi connectivity index (χ4n) is 1.30. The van der Waals surface area contributed by atoms with Crippen LogP contribution in [0.2, 0.25) is 0 Å². The summed E-state index contributed by atoms with van der Waals surface area (Å²) in [6.07, 6.45) is 3.07. The largest absolute Gasteiger partial charge is 0.331 e. The van der Waals surface area contributed by atoms with E-state index in [9.17, 15) is 10.1 Å². The number of aryl methyl sites for hydroxylation is 2. The van der Waals surface area contributed by atoms with E-state index in [4.69, 9.17) is 0 Å². The van der Waals surface area contributed by atoms with Crippen LogP contribution in [0, 0.1) is 10.1 Å². The van der Waals surface area contributed by atoms with Gasteiger partial charge >= 0.3 is 5.69 Å². The second kappa shape index (κ2) is 3.65. The maximum absolute atomic E-state index is 10.7. The zero-order valence-corrected chi connectivity index (χ0v) is 8.78. The van der Waals surface area contributed by atoms with Gasteiger partial charge in [0.1, 0.15) is 6.20 Å². The van der Waals surface area contributed by atoms with Crippen molar-refractivity contribution in [3.8, 4) is 0 Å². The predicted octanol–water partition coefficient (Wildman–Crippen LogP) is 0.805. The molecule has 0 spiro atoms. The summed E-state index contributed by atoms with van der Waals surface area (Å²) < 4.78 is 2.97. The second-order valence-electron chi connectivity index (χ2n) is 3.29. The lowest BCUT2D eigenvalue weighted by Gasteiger charge is -1.96. The summed E-state index contributed by atoms with van der Waals surface area (Å²) in [5.41, 5.74) is -0.0758. The van der Waals surface area contributed by atoms with E-state index in [-0.39, 0.29) is 11.5 Å². The van der Waals surface area contributed by atoms with Gasteiger partial charge in [-0.25, -0.2) is 0 Å². The minimum atomic E-state index is -0.488. The predicted molar refractivity (Wildman–Crippen MR) is 56.4 cm³/mol. The number of hydrogen-bond acceptors (Lipinski definition) is 5. The number of rotatable bonds is 3. The smallest absolute Gasteiger partial charge is 0.316 e. The Morgan fingerprint density at radius 1 is 1.38 bits per heavy atom. The van der Waals surface area contributed by atoms with Crippen LogP contribution in [0.3, 0.4) is 0 Å². The molecule has 0 saturated carbocycles. The van der Waals surface area contributed by atoms with Gasteiger partial charge < -0.3 is 5.32 Å². The highest BCUT2D eigenvalue weighted by Crippen LogP contribution is 2.24. The molecule has 0 atom stereocenters. The van der Waals surface area contributed by atoms with Gasteiger partial charge in [-0.2, -0.15) is 5.10 Å². The SMILES string of the molecule is Cn1ccc(Nc2nn(C)cc2[N+](=O)[O-])n1. The summed E-state index contributed by atoms with van der Waals surface area (Å²) in [5.74, 6) is 0.704. The number of nitrogens with one attached hydrogen (secondary N) is 1. The van der Waals surface area contributed by atoms with Crippen LogP contribution in [0.4, 0.5) is 17.3 Å². The summed E-state index contributed by atoms with van der Waals surface area (Å²) in [6, 6.07) is 1.71. The van der Waals surface area contributed by atoms with Gasteiger partial charge in [0.2, 0.25) is 5.82 Å². The number of anilines is 2. The maximum Gasteiger partial charge on any atom is 0.331 e. The van der Waals surface area contributed by atoms with E-state index in [1.807, 2.05) is 0 Å². The molecule has 0 aliphatic heterocycles. The molecule has 0 saturated heterocycles. The van der Waals surface area contributed by atoms with E-state index < -0.39 is 4.92 Å². The number of hydrogen-bond donors (Lipinski definition) is 1. The van der Waals surface area contributed by atoms with E-state index >= 15 is 0 Å². The average Bonchev–Trinajstić information content (AvgIpc) is 2.74. The van der Waals surface area contributed by atoms with Crippen LogP contribution in [0.1, 0.15) is 0 Å². The molecule has 8 nitrogen and oxygen atoms in total. The van der Waals surface area contributed by atoms with Crippen LogP contribution < -0.4 is 5.32 Å². The maximum atomic E-state index is 10.7. The number of nitrogens with zero attached hydrogens (tertiary/aromatic N) is 5. The average molecular weight is 222 g/mol. The molecule has 16 heavy (non-hydrogen) atoms. The third-order valence-corrected chi connectivity index (χ3v) is 1.97. The van der Waals surface area contributed by atoms with E-state index in [0.717, 1.165) is 0 Å². The minimum absolute atomic E-state index is 0.0758. The molecule has 0 aromatic carbocycles. The Morgan fingerprint density at radius 3 is 2.69 bits per heavy atom. The first-order chi connectivity index (χ1) is 7.56. The molecule has 0 fully saturated rings. The Hall–Kier alpha value is -2.38. The lowest BCUT2D eigenvalue weighted by molar-refractivity contribution is -0.384. The zero-order chi connectivity index (χ0) is 11.7. The van der Waals surface area contributed by atoms with Gasteiger partial charge in [0.15, 0.2) is 5.82 Å². The van der Waals surface area contributed by atoms with E-state index in [0.29, 0.717) is 5.82 Å². The minimum Gasteiger partial charge on any atom is -0.316 e. The topological polar surface area (TPSA) is 90.8 Å². The molecular weight excluding hydrogens is 212 g/mol. The molecule has 8 heteroatoms. The summed E-state index contributed by atoms with van der Waals surface area (Å²) >= 11 is 0. The second-order valence-corrected chi connectivity index (χ2v) is 3.29. The first kappa shape index (κ1) is 10.1. The van der Waals surface area contributed by atoms with Gasteiger partial charge in [-0.1, -0.05) is 0 Å². The highest BCUT2D eigenvalue weighted by Gasteiger charge is 2.18. The van der Waals surface area contributed by atoms with Gasteiger partial charge in [-0.15, -0.1) is 5.10 Å². The first-order valence-corrected chi connectivity index (χ1v) is 4.51. The zero-order valence-electron chi connectivity index (χ0n) is 8.78. The molecule has 0 amide bonds. The Morgan fingerprint density at radius 2 is 2.12 bits per heavy atom. The summed E-state index contributed by atoms with van der Waals surface area (Å²) in [7, 11) is 3.38. The molecule has 1 N–H and O–H groups in total. The first-order valence-electron chi connectivity index (χ1n) is 4.51. The van der Waals surface area contributed by atoms with Crippen molar-refractivity contribution < 1.29 is 4.92 Å². The Balaban J connectivity index is 2.30. The van der Waals surface area contributed by atoms with Crippen molar-refractivity contribution in [2.24, 2.45) is 14.1 Å². The fraction of sp³-hybridized carbons (Fsp3) is 0.250.